The summed E-state index contributed by atoms with van der Waals surface area (Å²) in [4.78, 5) is 20.6. The molecule has 0 saturated carbocycles. The van der Waals surface area contributed by atoms with Crippen LogP contribution >= 0.6 is 34.5 Å². The standard InChI is InChI=1S/C12H11Cl2N3OS/c1-7-5-9(13)8(11(14)15-7)6-10(18)16-12-17(2)3-4-19-12/h3-5H,6H2,1-2H3. The zero-order valence-electron chi connectivity index (χ0n) is 10.4. The number of carbonyl (C=O) groups is 1. The van der Waals surface area contributed by atoms with Gasteiger partial charge in [-0.1, -0.05) is 23.2 Å². The highest BCUT2D eigenvalue weighted by atomic mass is 35.5. The van der Waals surface area contributed by atoms with Crippen molar-refractivity contribution in [3.05, 3.63) is 43.9 Å². The van der Waals surface area contributed by atoms with E-state index in [1.165, 1.54) is 11.3 Å². The zero-order valence-corrected chi connectivity index (χ0v) is 12.7. The number of rotatable bonds is 2. The lowest BCUT2D eigenvalue weighted by Gasteiger charge is -2.05. The van der Waals surface area contributed by atoms with Crippen molar-refractivity contribution in [2.45, 2.75) is 13.3 Å². The Hall–Kier alpha value is -1.17. The van der Waals surface area contributed by atoms with Crippen LogP contribution in [0.4, 0.5) is 0 Å². The van der Waals surface area contributed by atoms with E-state index in [1.54, 1.807) is 17.6 Å². The van der Waals surface area contributed by atoms with E-state index in [1.807, 2.05) is 18.6 Å². The van der Waals surface area contributed by atoms with Crippen molar-refractivity contribution in [2.24, 2.45) is 12.0 Å². The molecule has 7 heteroatoms. The molecule has 0 aliphatic rings. The number of aryl methyl sites for hydroxylation is 2. The molecule has 0 saturated heterocycles. The molecule has 2 rings (SSSR count). The largest absolute Gasteiger partial charge is 0.327 e. The van der Waals surface area contributed by atoms with Crippen LogP contribution in [-0.2, 0) is 18.3 Å². The van der Waals surface area contributed by atoms with E-state index in [4.69, 9.17) is 23.2 Å². The Kier molecular flexibility index (Phi) is 4.39. The SMILES string of the molecule is Cc1cc(Cl)c(CC(=O)N=c2sccn2C)c(Cl)n1. The van der Waals surface area contributed by atoms with Crippen molar-refractivity contribution in [1.82, 2.24) is 9.55 Å². The van der Waals surface area contributed by atoms with Gasteiger partial charge in [-0.3, -0.25) is 4.79 Å². The molecule has 0 unspecified atom stereocenters. The van der Waals surface area contributed by atoms with E-state index in [-0.39, 0.29) is 17.5 Å². The normalized spacial score (nSPS) is 11.9. The first-order valence-electron chi connectivity index (χ1n) is 5.46. The first-order valence-corrected chi connectivity index (χ1v) is 7.10. The molecule has 0 atom stereocenters. The van der Waals surface area contributed by atoms with E-state index >= 15 is 0 Å². The Morgan fingerprint density at radius 1 is 1.53 bits per heavy atom. The maximum Gasteiger partial charge on any atom is 0.252 e. The molecule has 0 bridgehead atoms. The van der Waals surface area contributed by atoms with Crippen LogP contribution in [0.5, 0.6) is 0 Å². The van der Waals surface area contributed by atoms with Crippen LogP contribution in [0, 0.1) is 6.92 Å². The lowest BCUT2D eigenvalue weighted by atomic mass is 10.2. The molecule has 4 nitrogen and oxygen atoms in total. The zero-order chi connectivity index (χ0) is 14.0. The Labute approximate surface area is 124 Å². The molecule has 0 aliphatic carbocycles. The van der Waals surface area contributed by atoms with Gasteiger partial charge in [0.15, 0.2) is 4.80 Å². The average Bonchev–Trinajstić information content (AvgIpc) is 2.69. The van der Waals surface area contributed by atoms with Gasteiger partial charge in [-0.05, 0) is 13.0 Å². The van der Waals surface area contributed by atoms with Crippen LogP contribution in [-0.4, -0.2) is 15.5 Å². The molecule has 2 heterocycles. The first kappa shape index (κ1) is 14.2. The van der Waals surface area contributed by atoms with Crippen molar-refractivity contribution in [3.63, 3.8) is 0 Å². The minimum Gasteiger partial charge on any atom is -0.327 e. The molecule has 0 radical (unpaired) electrons. The third-order valence-corrected chi connectivity index (χ3v) is 3.95. The molecule has 0 fully saturated rings. The highest BCUT2D eigenvalue weighted by Crippen LogP contribution is 2.24. The number of carbonyl (C=O) groups excluding carboxylic acids is 1. The summed E-state index contributed by atoms with van der Waals surface area (Å²) in [5, 5.41) is 2.56. The summed E-state index contributed by atoms with van der Waals surface area (Å²) in [6, 6.07) is 1.68. The van der Waals surface area contributed by atoms with Gasteiger partial charge in [-0.25, -0.2) is 4.98 Å². The number of thiazole rings is 1. The monoisotopic (exact) mass is 315 g/mol. The van der Waals surface area contributed by atoms with Gasteiger partial charge in [0.1, 0.15) is 5.15 Å². The highest BCUT2D eigenvalue weighted by Gasteiger charge is 2.12. The summed E-state index contributed by atoms with van der Waals surface area (Å²) >= 11 is 13.5. The van der Waals surface area contributed by atoms with Crippen molar-refractivity contribution in [2.75, 3.05) is 0 Å². The quantitative estimate of drug-likeness (QED) is 0.800. The Bertz CT molecular complexity index is 667. The van der Waals surface area contributed by atoms with Gasteiger partial charge < -0.3 is 4.57 Å². The van der Waals surface area contributed by atoms with Gasteiger partial charge in [0, 0.05) is 34.9 Å². The Morgan fingerprint density at radius 3 is 2.84 bits per heavy atom. The topological polar surface area (TPSA) is 47.2 Å². The number of hydrogen-bond donors (Lipinski definition) is 0. The molecule has 0 spiro atoms. The lowest BCUT2D eigenvalue weighted by Crippen LogP contribution is -2.14. The van der Waals surface area contributed by atoms with Crippen LogP contribution in [0.2, 0.25) is 10.2 Å². The summed E-state index contributed by atoms with van der Waals surface area (Å²) in [6.45, 7) is 1.79. The molecule has 2 aromatic heterocycles. The van der Waals surface area contributed by atoms with Crippen molar-refractivity contribution in [3.8, 4) is 0 Å². The summed E-state index contributed by atoms with van der Waals surface area (Å²) in [5.41, 5.74) is 1.23. The van der Waals surface area contributed by atoms with Gasteiger partial charge >= 0.3 is 0 Å². The molecule has 2 aromatic rings. The predicted molar refractivity (Wildman–Crippen MR) is 76.6 cm³/mol. The lowest BCUT2D eigenvalue weighted by molar-refractivity contribution is -0.117. The highest BCUT2D eigenvalue weighted by molar-refractivity contribution is 7.07. The first-order chi connectivity index (χ1) is 8.97. The Morgan fingerprint density at radius 2 is 2.26 bits per heavy atom. The number of nitrogens with zero attached hydrogens (tertiary/aromatic N) is 3. The second kappa shape index (κ2) is 5.86. The smallest absolute Gasteiger partial charge is 0.252 e. The molecule has 19 heavy (non-hydrogen) atoms. The number of aromatic nitrogens is 2. The van der Waals surface area contributed by atoms with Gasteiger partial charge in [0.2, 0.25) is 0 Å². The van der Waals surface area contributed by atoms with Crippen molar-refractivity contribution >= 4 is 40.4 Å². The summed E-state index contributed by atoms with van der Waals surface area (Å²) < 4.78 is 1.78. The van der Waals surface area contributed by atoms with E-state index < -0.39 is 0 Å². The summed E-state index contributed by atoms with van der Waals surface area (Å²) in [7, 11) is 1.83. The molecule has 0 aromatic carbocycles. The van der Waals surface area contributed by atoms with Gasteiger partial charge in [-0.15, -0.1) is 11.3 Å². The van der Waals surface area contributed by atoms with Crippen molar-refractivity contribution in [1.29, 1.82) is 0 Å². The van der Waals surface area contributed by atoms with Gasteiger partial charge in [0.25, 0.3) is 5.91 Å². The second-order valence-electron chi connectivity index (χ2n) is 3.99. The van der Waals surface area contributed by atoms with E-state index in [2.05, 4.69) is 9.98 Å². The average molecular weight is 316 g/mol. The second-order valence-corrected chi connectivity index (χ2v) is 5.63. The Balaban J connectivity index is 2.28. The summed E-state index contributed by atoms with van der Waals surface area (Å²) in [5.74, 6) is -0.299. The third-order valence-electron chi connectivity index (χ3n) is 2.46. The summed E-state index contributed by atoms with van der Waals surface area (Å²) in [6.07, 6.45) is 1.88. The van der Waals surface area contributed by atoms with Gasteiger partial charge in [-0.2, -0.15) is 4.99 Å². The number of pyridine rings is 1. The van der Waals surface area contributed by atoms with Crippen LogP contribution < -0.4 is 4.80 Å². The molecule has 0 N–H and O–H groups in total. The molecular weight excluding hydrogens is 305 g/mol. The fourth-order valence-corrected chi connectivity index (χ4v) is 2.92. The minimum absolute atomic E-state index is 0.0445. The number of amides is 1. The number of halogens is 2. The maximum absolute atomic E-state index is 11.9. The molecule has 1 amide bonds. The van der Waals surface area contributed by atoms with Crippen molar-refractivity contribution < 1.29 is 4.79 Å². The fourth-order valence-electron chi connectivity index (χ4n) is 1.51. The van der Waals surface area contributed by atoms with Crippen LogP contribution in [0.1, 0.15) is 11.3 Å². The number of hydrogen-bond acceptors (Lipinski definition) is 3. The molecule has 0 aliphatic heterocycles. The predicted octanol–water partition coefficient (Wildman–Crippen LogP) is 2.77. The van der Waals surface area contributed by atoms with Crippen LogP contribution in [0.3, 0.4) is 0 Å². The van der Waals surface area contributed by atoms with E-state index in [0.717, 1.165) is 0 Å². The molecule has 100 valence electrons. The van der Waals surface area contributed by atoms with E-state index in [9.17, 15) is 4.79 Å². The van der Waals surface area contributed by atoms with E-state index in [0.29, 0.717) is 21.1 Å². The van der Waals surface area contributed by atoms with Gasteiger partial charge in [0.05, 0.1) is 6.42 Å². The van der Waals surface area contributed by atoms with Crippen LogP contribution in [0.25, 0.3) is 0 Å². The maximum atomic E-state index is 11.9. The minimum atomic E-state index is -0.299. The third kappa shape index (κ3) is 3.43. The molecular formula is C12H11Cl2N3OS. The fraction of sp³-hybridized carbons (Fsp3) is 0.250. The van der Waals surface area contributed by atoms with Crippen LogP contribution in [0.15, 0.2) is 22.6 Å².